The van der Waals surface area contributed by atoms with E-state index >= 15 is 0 Å². The number of aliphatic hydroxyl groups is 2. The van der Waals surface area contributed by atoms with E-state index in [9.17, 15) is 10.2 Å². The van der Waals surface area contributed by atoms with Crippen molar-refractivity contribution in [2.45, 2.75) is 50.7 Å². The van der Waals surface area contributed by atoms with Gasteiger partial charge in [0.25, 0.3) is 0 Å². The SMILES string of the molecule is CCCCCOCC(O)C1(O)CC1. The van der Waals surface area contributed by atoms with Gasteiger partial charge in [0.2, 0.25) is 0 Å². The van der Waals surface area contributed by atoms with E-state index in [0.717, 1.165) is 6.42 Å². The van der Waals surface area contributed by atoms with E-state index in [0.29, 0.717) is 19.4 Å². The predicted octanol–water partition coefficient (Wildman–Crippen LogP) is 1.08. The fourth-order valence-electron chi connectivity index (χ4n) is 1.27. The Balaban J connectivity index is 1.93. The van der Waals surface area contributed by atoms with Crippen LogP contribution in [0.25, 0.3) is 0 Å². The highest BCUT2D eigenvalue weighted by atomic mass is 16.5. The highest BCUT2D eigenvalue weighted by molar-refractivity contribution is 4.99. The Labute approximate surface area is 79.7 Å². The molecule has 0 radical (unpaired) electrons. The first-order valence-corrected chi connectivity index (χ1v) is 5.17. The van der Waals surface area contributed by atoms with Gasteiger partial charge in [-0.2, -0.15) is 0 Å². The van der Waals surface area contributed by atoms with Crippen LogP contribution in [0, 0.1) is 0 Å². The van der Waals surface area contributed by atoms with E-state index in [4.69, 9.17) is 4.74 Å². The summed E-state index contributed by atoms with van der Waals surface area (Å²) in [5.41, 5.74) is -0.815. The number of aliphatic hydroxyl groups excluding tert-OH is 1. The smallest absolute Gasteiger partial charge is 0.106 e. The van der Waals surface area contributed by atoms with Crippen LogP contribution in [0.1, 0.15) is 39.0 Å². The molecule has 1 aliphatic rings. The Morgan fingerprint density at radius 3 is 2.62 bits per heavy atom. The average Bonchev–Trinajstić information content (AvgIpc) is 2.84. The summed E-state index contributed by atoms with van der Waals surface area (Å²) >= 11 is 0. The molecule has 0 heterocycles. The topological polar surface area (TPSA) is 49.7 Å². The number of rotatable bonds is 7. The summed E-state index contributed by atoms with van der Waals surface area (Å²) in [5.74, 6) is 0. The zero-order valence-corrected chi connectivity index (χ0v) is 8.33. The number of hydrogen-bond donors (Lipinski definition) is 2. The molecule has 0 amide bonds. The lowest BCUT2D eigenvalue weighted by molar-refractivity contribution is -0.0521. The van der Waals surface area contributed by atoms with Crippen molar-refractivity contribution in [2.24, 2.45) is 0 Å². The van der Waals surface area contributed by atoms with Gasteiger partial charge >= 0.3 is 0 Å². The van der Waals surface area contributed by atoms with Crippen molar-refractivity contribution in [3.63, 3.8) is 0 Å². The van der Waals surface area contributed by atoms with Crippen LogP contribution < -0.4 is 0 Å². The molecule has 0 aliphatic heterocycles. The van der Waals surface area contributed by atoms with Gasteiger partial charge < -0.3 is 14.9 Å². The Morgan fingerprint density at radius 2 is 2.08 bits per heavy atom. The van der Waals surface area contributed by atoms with Gasteiger partial charge in [0, 0.05) is 6.61 Å². The molecule has 0 saturated heterocycles. The van der Waals surface area contributed by atoms with E-state index in [1.807, 2.05) is 0 Å². The van der Waals surface area contributed by atoms with Gasteiger partial charge in [0.1, 0.15) is 6.10 Å². The molecule has 13 heavy (non-hydrogen) atoms. The Kier molecular flexibility index (Phi) is 4.16. The fourth-order valence-corrected chi connectivity index (χ4v) is 1.27. The standard InChI is InChI=1S/C10H20O3/c1-2-3-4-7-13-8-9(11)10(12)5-6-10/h9,11-12H,2-8H2,1H3. The summed E-state index contributed by atoms with van der Waals surface area (Å²) in [6, 6.07) is 0. The van der Waals surface area contributed by atoms with Gasteiger partial charge in [-0.1, -0.05) is 19.8 Å². The van der Waals surface area contributed by atoms with Crippen LogP contribution in [-0.4, -0.2) is 35.1 Å². The second-order valence-corrected chi connectivity index (χ2v) is 3.90. The minimum absolute atomic E-state index is 0.278. The molecular weight excluding hydrogens is 168 g/mol. The zero-order valence-electron chi connectivity index (χ0n) is 8.33. The summed E-state index contributed by atoms with van der Waals surface area (Å²) < 4.78 is 5.25. The van der Waals surface area contributed by atoms with E-state index in [1.54, 1.807) is 0 Å². The molecule has 1 fully saturated rings. The van der Waals surface area contributed by atoms with Crippen molar-refractivity contribution in [1.29, 1.82) is 0 Å². The van der Waals surface area contributed by atoms with Crippen molar-refractivity contribution in [2.75, 3.05) is 13.2 Å². The van der Waals surface area contributed by atoms with Gasteiger partial charge in [0.05, 0.1) is 12.2 Å². The molecule has 78 valence electrons. The van der Waals surface area contributed by atoms with Crippen LogP contribution in [-0.2, 0) is 4.74 Å². The maximum Gasteiger partial charge on any atom is 0.106 e. The van der Waals surface area contributed by atoms with Crippen molar-refractivity contribution in [3.05, 3.63) is 0 Å². The second kappa shape index (κ2) is 4.94. The molecular formula is C10H20O3. The van der Waals surface area contributed by atoms with Gasteiger partial charge in [-0.3, -0.25) is 0 Å². The lowest BCUT2D eigenvalue weighted by Crippen LogP contribution is -2.32. The maximum absolute atomic E-state index is 9.47. The summed E-state index contributed by atoms with van der Waals surface area (Å²) in [5, 5.41) is 18.9. The molecule has 3 nitrogen and oxygen atoms in total. The van der Waals surface area contributed by atoms with Gasteiger partial charge in [-0.05, 0) is 19.3 Å². The van der Waals surface area contributed by atoms with Crippen LogP contribution in [0.15, 0.2) is 0 Å². The molecule has 0 aromatic carbocycles. The Hall–Kier alpha value is -0.120. The predicted molar refractivity (Wildman–Crippen MR) is 50.5 cm³/mol. The minimum Gasteiger partial charge on any atom is -0.388 e. The molecule has 0 spiro atoms. The summed E-state index contributed by atoms with van der Waals surface area (Å²) in [6.07, 6.45) is 4.13. The van der Waals surface area contributed by atoms with E-state index < -0.39 is 11.7 Å². The van der Waals surface area contributed by atoms with Crippen molar-refractivity contribution in [1.82, 2.24) is 0 Å². The molecule has 1 saturated carbocycles. The van der Waals surface area contributed by atoms with Crippen LogP contribution in [0.2, 0.25) is 0 Å². The molecule has 3 heteroatoms. The largest absolute Gasteiger partial charge is 0.388 e. The monoisotopic (exact) mass is 188 g/mol. The van der Waals surface area contributed by atoms with Gasteiger partial charge in [-0.15, -0.1) is 0 Å². The number of ether oxygens (including phenoxy) is 1. The first-order chi connectivity index (χ1) is 6.19. The zero-order chi connectivity index (χ0) is 9.73. The Bertz CT molecular complexity index is 143. The third-order valence-electron chi connectivity index (χ3n) is 2.55. The van der Waals surface area contributed by atoms with E-state index in [-0.39, 0.29) is 6.61 Å². The lowest BCUT2D eigenvalue weighted by atomic mass is 10.2. The van der Waals surface area contributed by atoms with Crippen molar-refractivity contribution in [3.8, 4) is 0 Å². The van der Waals surface area contributed by atoms with Crippen LogP contribution in [0.5, 0.6) is 0 Å². The average molecular weight is 188 g/mol. The van der Waals surface area contributed by atoms with Crippen LogP contribution in [0.4, 0.5) is 0 Å². The Morgan fingerprint density at radius 1 is 1.38 bits per heavy atom. The minimum atomic E-state index is -0.815. The number of hydrogen-bond acceptors (Lipinski definition) is 3. The maximum atomic E-state index is 9.47. The molecule has 0 aromatic heterocycles. The third-order valence-corrected chi connectivity index (χ3v) is 2.55. The summed E-state index contributed by atoms with van der Waals surface area (Å²) in [7, 11) is 0. The highest BCUT2D eigenvalue weighted by Crippen LogP contribution is 2.38. The van der Waals surface area contributed by atoms with Crippen LogP contribution in [0.3, 0.4) is 0 Å². The molecule has 1 unspecified atom stereocenters. The molecule has 1 aliphatic carbocycles. The second-order valence-electron chi connectivity index (χ2n) is 3.90. The fraction of sp³-hybridized carbons (Fsp3) is 1.00. The van der Waals surface area contributed by atoms with E-state index in [2.05, 4.69) is 6.92 Å². The van der Waals surface area contributed by atoms with E-state index in [1.165, 1.54) is 12.8 Å². The molecule has 1 rings (SSSR count). The number of unbranched alkanes of at least 4 members (excludes halogenated alkanes) is 2. The summed E-state index contributed by atoms with van der Waals surface area (Å²) in [6.45, 7) is 3.11. The molecule has 1 atom stereocenters. The first kappa shape index (κ1) is 11.0. The normalized spacial score (nSPS) is 21.5. The quantitative estimate of drug-likeness (QED) is 0.588. The van der Waals surface area contributed by atoms with Crippen molar-refractivity contribution < 1.29 is 14.9 Å². The van der Waals surface area contributed by atoms with Crippen LogP contribution >= 0.6 is 0 Å². The molecule has 0 aromatic rings. The van der Waals surface area contributed by atoms with Gasteiger partial charge in [-0.25, -0.2) is 0 Å². The molecule has 0 bridgehead atoms. The molecule has 2 N–H and O–H groups in total. The van der Waals surface area contributed by atoms with Gasteiger partial charge in [0.15, 0.2) is 0 Å². The third kappa shape index (κ3) is 3.63. The highest BCUT2D eigenvalue weighted by Gasteiger charge is 2.47. The summed E-state index contributed by atoms with van der Waals surface area (Å²) in [4.78, 5) is 0. The lowest BCUT2D eigenvalue weighted by Gasteiger charge is -2.16. The van der Waals surface area contributed by atoms with Crippen molar-refractivity contribution >= 4 is 0 Å². The first-order valence-electron chi connectivity index (χ1n) is 5.17.